The fraction of sp³-hybridized carbons (Fsp3) is 0.200. The lowest BCUT2D eigenvalue weighted by molar-refractivity contribution is 0.0695. The monoisotopic (exact) mass is 400 g/mol. The summed E-state index contributed by atoms with van der Waals surface area (Å²) < 4.78 is 36.0. The molecular weight excluding hydrogens is 383 g/mol. The Hall–Kier alpha value is -3.00. The van der Waals surface area contributed by atoms with Gasteiger partial charge < -0.3 is 9.67 Å². The van der Waals surface area contributed by atoms with Crippen LogP contribution in [0.5, 0.6) is 0 Å². The van der Waals surface area contributed by atoms with Gasteiger partial charge in [0.15, 0.2) is 0 Å². The summed E-state index contributed by atoms with van der Waals surface area (Å²) in [6.45, 7) is 0. The quantitative estimate of drug-likeness (QED) is 0.694. The molecule has 1 saturated carbocycles. The van der Waals surface area contributed by atoms with Gasteiger partial charge in [0.05, 0.1) is 15.2 Å². The van der Waals surface area contributed by atoms with Gasteiger partial charge in [-0.05, 0) is 42.7 Å². The van der Waals surface area contributed by atoms with Crippen LogP contribution in [0.15, 0.2) is 52.3 Å². The highest BCUT2D eigenvalue weighted by atomic mass is 32.2. The average molecular weight is 400 g/mol. The second kappa shape index (κ2) is 6.27. The zero-order chi connectivity index (χ0) is 20.2. The Morgan fingerprint density at radius 2 is 1.89 bits per heavy atom. The van der Waals surface area contributed by atoms with Crippen LogP contribution < -0.4 is 5.43 Å². The number of hydrogen-bond donors (Lipinski definition) is 2. The van der Waals surface area contributed by atoms with Crippen molar-refractivity contribution in [2.24, 2.45) is 0 Å². The molecule has 144 valence electrons. The van der Waals surface area contributed by atoms with Crippen molar-refractivity contribution in [3.8, 4) is 11.1 Å². The topological polar surface area (TPSA) is 100 Å². The number of pyridine rings is 1. The molecular formula is C20H17FN2O4S. The van der Waals surface area contributed by atoms with Gasteiger partial charge in [-0.2, -0.15) is 0 Å². The van der Waals surface area contributed by atoms with E-state index in [-0.39, 0.29) is 22.6 Å². The molecule has 0 radical (unpaired) electrons. The van der Waals surface area contributed by atoms with E-state index >= 15 is 0 Å². The number of aromatic carboxylic acids is 1. The lowest BCUT2D eigenvalue weighted by Gasteiger charge is -2.14. The normalized spacial score (nSPS) is 16.1. The highest BCUT2D eigenvalue weighted by Crippen LogP contribution is 2.38. The van der Waals surface area contributed by atoms with Crippen LogP contribution in [0.4, 0.5) is 4.39 Å². The largest absolute Gasteiger partial charge is 0.477 e. The molecule has 0 amide bonds. The fourth-order valence-electron chi connectivity index (χ4n) is 3.29. The average Bonchev–Trinajstić information content (AvgIpc) is 3.46. The molecule has 2 aromatic carbocycles. The van der Waals surface area contributed by atoms with Gasteiger partial charge >= 0.3 is 5.97 Å². The summed E-state index contributed by atoms with van der Waals surface area (Å²) in [7, 11) is -2.87. The van der Waals surface area contributed by atoms with Gasteiger partial charge in [-0.1, -0.05) is 12.1 Å². The molecule has 8 heteroatoms. The molecule has 0 spiro atoms. The van der Waals surface area contributed by atoms with Crippen molar-refractivity contribution in [2.45, 2.75) is 23.8 Å². The molecule has 1 heterocycles. The zero-order valence-corrected chi connectivity index (χ0v) is 15.8. The minimum absolute atomic E-state index is 0.0346. The summed E-state index contributed by atoms with van der Waals surface area (Å²) in [6, 6.07) is 8.94. The van der Waals surface area contributed by atoms with Crippen LogP contribution in [0, 0.1) is 10.6 Å². The molecule has 4 rings (SSSR count). The standard InChI is InChI=1S/C20H17FN2O4S/c1-28(22,27)13-6-2-11(3-7-13)14-9-18-15(8-17(14)21)19(24)16(20(25)26)10-23(18)12-4-5-12/h2-3,6-10,12,22H,4-5H2,1H3,(H,25,26). The first kappa shape index (κ1) is 18.4. The maximum atomic E-state index is 14.8. The Labute approximate surface area is 160 Å². The second-order valence-corrected chi connectivity index (χ2v) is 9.19. The molecule has 28 heavy (non-hydrogen) atoms. The highest BCUT2D eigenvalue weighted by molar-refractivity contribution is 7.91. The maximum Gasteiger partial charge on any atom is 0.341 e. The summed E-state index contributed by atoms with van der Waals surface area (Å²) >= 11 is 0. The van der Waals surface area contributed by atoms with E-state index in [0.29, 0.717) is 16.0 Å². The van der Waals surface area contributed by atoms with Gasteiger partial charge in [-0.15, -0.1) is 0 Å². The predicted molar refractivity (Wildman–Crippen MR) is 104 cm³/mol. The number of fused-ring (bicyclic) bond motifs is 1. The number of carboxylic acids is 1. The number of halogens is 1. The fourth-order valence-corrected chi connectivity index (χ4v) is 3.95. The van der Waals surface area contributed by atoms with E-state index < -0.39 is 26.9 Å². The first-order chi connectivity index (χ1) is 13.2. The van der Waals surface area contributed by atoms with E-state index in [0.717, 1.165) is 18.9 Å². The Kier molecular flexibility index (Phi) is 4.11. The highest BCUT2D eigenvalue weighted by Gasteiger charge is 2.27. The number of carboxylic acid groups (broad SMARTS) is 1. The third kappa shape index (κ3) is 3.09. The van der Waals surface area contributed by atoms with Crippen LogP contribution in [0.3, 0.4) is 0 Å². The van der Waals surface area contributed by atoms with Crippen molar-refractivity contribution < 1.29 is 18.5 Å². The summed E-state index contributed by atoms with van der Waals surface area (Å²) in [6.07, 6.45) is 4.38. The molecule has 1 aliphatic rings. The third-order valence-electron chi connectivity index (χ3n) is 4.91. The summed E-state index contributed by atoms with van der Waals surface area (Å²) in [5.41, 5.74) is 0.175. The van der Waals surface area contributed by atoms with Gasteiger partial charge in [-0.25, -0.2) is 18.2 Å². The maximum absolute atomic E-state index is 14.8. The molecule has 1 fully saturated rings. The Balaban J connectivity index is 1.95. The number of aromatic nitrogens is 1. The van der Waals surface area contributed by atoms with Crippen molar-refractivity contribution in [1.29, 1.82) is 4.78 Å². The van der Waals surface area contributed by atoms with Crippen molar-refractivity contribution in [3.63, 3.8) is 0 Å². The third-order valence-corrected chi connectivity index (χ3v) is 6.08. The predicted octanol–water partition coefficient (Wildman–Crippen LogP) is 3.88. The Bertz CT molecular complexity index is 1290. The number of benzene rings is 2. The number of carbonyl (C=O) groups is 1. The second-order valence-electron chi connectivity index (χ2n) is 7.03. The Morgan fingerprint density at radius 1 is 1.25 bits per heavy atom. The zero-order valence-electron chi connectivity index (χ0n) is 14.9. The van der Waals surface area contributed by atoms with Gasteiger partial charge in [0.25, 0.3) is 0 Å². The number of hydrogen-bond acceptors (Lipinski definition) is 4. The molecule has 0 aliphatic heterocycles. The molecule has 3 aromatic rings. The molecule has 2 N–H and O–H groups in total. The van der Waals surface area contributed by atoms with Crippen molar-refractivity contribution in [1.82, 2.24) is 4.57 Å². The van der Waals surface area contributed by atoms with Gasteiger partial charge in [0, 0.05) is 34.3 Å². The van der Waals surface area contributed by atoms with Crippen LogP contribution in [-0.4, -0.2) is 26.1 Å². The van der Waals surface area contributed by atoms with Gasteiger partial charge in [-0.3, -0.25) is 4.79 Å². The summed E-state index contributed by atoms with van der Waals surface area (Å²) in [4.78, 5) is 24.3. The van der Waals surface area contributed by atoms with Crippen molar-refractivity contribution >= 4 is 26.6 Å². The van der Waals surface area contributed by atoms with Crippen molar-refractivity contribution in [2.75, 3.05) is 6.26 Å². The molecule has 0 saturated heterocycles. The molecule has 1 unspecified atom stereocenters. The van der Waals surface area contributed by atoms with Crippen molar-refractivity contribution in [3.05, 3.63) is 64.2 Å². The minimum atomic E-state index is -2.87. The summed E-state index contributed by atoms with van der Waals surface area (Å²) in [5.74, 6) is -1.98. The van der Waals surface area contributed by atoms with E-state index in [1.807, 2.05) is 0 Å². The van der Waals surface area contributed by atoms with E-state index in [1.165, 1.54) is 24.6 Å². The van der Waals surface area contributed by atoms with Gasteiger partial charge in [0.1, 0.15) is 11.4 Å². The smallest absolute Gasteiger partial charge is 0.341 e. The minimum Gasteiger partial charge on any atom is -0.477 e. The van der Waals surface area contributed by atoms with Crippen LogP contribution in [-0.2, 0) is 9.73 Å². The Morgan fingerprint density at radius 3 is 2.43 bits per heavy atom. The molecule has 1 aliphatic carbocycles. The molecule has 0 bridgehead atoms. The lowest BCUT2D eigenvalue weighted by Crippen LogP contribution is -2.19. The molecule has 1 aromatic heterocycles. The van der Waals surface area contributed by atoms with Crippen LogP contribution in [0.1, 0.15) is 29.2 Å². The molecule has 1 atom stereocenters. The van der Waals surface area contributed by atoms with Crippen LogP contribution in [0.25, 0.3) is 22.0 Å². The number of nitrogens with zero attached hydrogens (tertiary/aromatic N) is 1. The number of nitrogens with one attached hydrogen (secondary N) is 1. The van der Waals surface area contributed by atoms with E-state index in [4.69, 9.17) is 4.78 Å². The molecule has 6 nitrogen and oxygen atoms in total. The van der Waals surface area contributed by atoms with Crippen LogP contribution in [0.2, 0.25) is 0 Å². The first-order valence-electron chi connectivity index (χ1n) is 8.63. The first-order valence-corrected chi connectivity index (χ1v) is 10.6. The van der Waals surface area contributed by atoms with Gasteiger partial charge in [0.2, 0.25) is 5.43 Å². The van der Waals surface area contributed by atoms with E-state index in [9.17, 15) is 23.3 Å². The number of rotatable bonds is 4. The van der Waals surface area contributed by atoms with Crippen LogP contribution >= 0.6 is 0 Å². The SMILES string of the molecule is CS(=N)(=O)c1ccc(-c2cc3c(cc2F)c(=O)c(C(=O)O)cn3C2CC2)cc1. The lowest BCUT2D eigenvalue weighted by atomic mass is 10.0. The van der Waals surface area contributed by atoms with E-state index in [2.05, 4.69) is 0 Å². The summed E-state index contributed by atoms with van der Waals surface area (Å²) in [5, 5.41) is 9.33. The van der Waals surface area contributed by atoms with E-state index in [1.54, 1.807) is 22.8 Å².